The number of carbonyl (C=O) groups is 2. The summed E-state index contributed by atoms with van der Waals surface area (Å²) in [6.07, 6.45) is 5.74. The van der Waals surface area contributed by atoms with Crippen molar-refractivity contribution in [3.05, 3.63) is 0 Å². The second-order valence-corrected chi connectivity index (χ2v) is 6.81. The van der Waals surface area contributed by atoms with Crippen LogP contribution in [0.15, 0.2) is 0 Å². The van der Waals surface area contributed by atoms with Crippen molar-refractivity contribution in [2.24, 2.45) is 0 Å². The molecule has 2 unspecified atom stereocenters. The standard InChI is InChI=1S/C14H25N3O3S/c1-21-12-4-2-3-11(12)15-14(20)17-9-7-16(8-10-17)6-5-13(18)19/h11-12H,2-10H2,1H3,(H,15,20)(H,18,19). The molecular weight excluding hydrogens is 290 g/mol. The summed E-state index contributed by atoms with van der Waals surface area (Å²) in [5.74, 6) is -0.764. The Morgan fingerprint density at radius 2 is 1.95 bits per heavy atom. The molecule has 120 valence electrons. The van der Waals surface area contributed by atoms with Gasteiger partial charge in [0.2, 0.25) is 0 Å². The maximum atomic E-state index is 12.3. The fourth-order valence-electron chi connectivity index (χ4n) is 3.05. The molecule has 7 heteroatoms. The van der Waals surface area contributed by atoms with E-state index in [1.165, 1.54) is 12.8 Å². The van der Waals surface area contributed by atoms with Crippen molar-refractivity contribution in [1.82, 2.24) is 15.1 Å². The van der Waals surface area contributed by atoms with Gasteiger partial charge in [0.1, 0.15) is 0 Å². The molecule has 2 atom stereocenters. The van der Waals surface area contributed by atoms with Gasteiger partial charge in [-0.1, -0.05) is 6.42 Å². The van der Waals surface area contributed by atoms with Crippen LogP contribution < -0.4 is 5.32 Å². The highest BCUT2D eigenvalue weighted by molar-refractivity contribution is 7.99. The molecule has 2 amide bonds. The highest BCUT2D eigenvalue weighted by atomic mass is 32.2. The maximum Gasteiger partial charge on any atom is 0.317 e. The Morgan fingerprint density at radius 1 is 1.24 bits per heavy atom. The zero-order valence-electron chi connectivity index (χ0n) is 12.6. The van der Waals surface area contributed by atoms with Crippen molar-refractivity contribution in [1.29, 1.82) is 0 Å². The minimum absolute atomic E-state index is 0.0406. The van der Waals surface area contributed by atoms with Gasteiger partial charge in [0, 0.05) is 44.0 Å². The van der Waals surface area contributed by atoms with Crippen LogP contribution >= 0.6 is 11.8 Å². The number of carboxylic acids is 1. The largest absolute Gasteiger partial charge is 0.481 e. The monoisotopic (exact) mass is 315 g/mol. The average Bonchev–Trinajstić information content (AvgIpc) is 2.92. The molecule has 1 saturated carbocycles. The molecule has 0 aromatic rings. The summed E-state index contributed by atoms with van der Waals surface area (Å²) >= 11 is 1.84. The molecule has 0 spiro atoms. The summed E-state index contributed by atoms with van der Waals surface area (Å²) in [6.45, 7) is 3.46. The third kappa shape index (κ3) is 4.78. The molecule has 2 rings (SSSR count). The molecule has 2 aliphatic rings. The smallest absolute Gasteiger partial charge is 0.317 e. The molecule has 2 N–H and O–H groups in total. The molecule has 0 aromatic carbocycles. The highest BCUT2D eigenvalue weighted by Gasteiger charge is 2.30. The Kier molecular flexibility index (Phi) is 6.17. The van der Waals surface area contributed by atoms with Crippen LogP contribution in [0.5, 0.6) is 0 Å². The number of aliphatic carboxylic acids is 1. The number of urea groups is 1. The molecule has 21 heavy (non-hydrogen) atoms. The zero-order chi connectivity index (χ0) is 15.2. The minimum atomic E-state index is -0.764. The van der Waals surface area contributed by atoms with Crippen LogP contribution in [0.25, 0.3) is 0 Å². The fraction of sp³-hybridized carbons (Fsp3) is 0.857. The summed E-state index contributed by atoms with van der Waals surface area (Å²) in [7, 11) is 0. The van der Waals surface area contributed by atoms with E-state index in [9.17, 15) is 9.59 Å². The second kappa shape index (κ2) is 7.89. The summed E-state index contributed by atoms with van der Waals surface area (Å²) < 4.78 is 0. The molecule has 2 fully saturated rings. The van der Waals surface area contributed by atoms with Crippen LogP contribution in [0.3, 0.4) is 0 Å². The lowest BCUT2D eigenvalue weighted by molar-refractivity contribution is -0.137. The average molecular weight is 315 g/mol. The number of rotatable bonds is 5. The van der Waals surface area contributed by atoms with Crippen molar-refractivity contribution in [3.8, 4) is 0 Å². The molecule has 1 heterocycles. The van der Waals surface area contributed by atoms with E-state index in [1.807, 2.05) is 16.7 Å². The Bertz CT molecular complexity index is 372. The normalized spacial score (nSPS) is 26.8. The summed E-state index contributed by atoms with van der Waals surface area (Å²) in [4.78, 5) is 26.8. The van der Waals surface area contributed by atoms with Crippen LogP contribution in [0.4, 0.5) is 4.79 Å². The van der Waals surface area contributed by atoms with Gasteiger partial charge in [0.05, 0.1) is 6.42 Å². The molecule has 0 radical (unpaired) electrons. The van der Waals surface area contributed by atoms with Gasteiger partial charge in [-0.3, -0.25) is 9.69 Å². The number of thioether (sulfide) groups is 1. The first-order valence-corrected chi connectivity index (χ1v) is 8.91. The van der Waals surface area contributed by atoms with E-state index in [0.29, 0.717) is 30.9 Å². The fourth-order valence-corrected chi connectivity index (χ4v) is 3.99. The van der Waals surface area contributed by atoms with Gasteiger partial charge < -0.3 is 15.3 Å². The topological polar surface area (TPSA) is 72.9 Å². The Labute approximate surface area is 130 Å². The van der Waals surface area contributed by atoms with Gasteiger partial charge >= 0.3 is 12.0 Å². The predicted molar refractivity (Wildman–Crippen MR) is 83.7 cm³/mol. The quantitative estimate of drug-likeness (QED) is 0.794. The Morgan fingerprint density at radius 3 is 2.57 bits per heavy atom. The van der Waals surface area contributed by atoms with Gasteiger partial charge in [-0.25, -0.2) is 4.79 Å². The van der Waals surface area contributed by atoms with E-state index in [1.54, 1.807) is 0 Å². The molecule has 1 aliphatic heterocycles. The van der Waals surface area contributed by atoms with Gasteiger partial charge in [-0.15, -0.1) is 0 Å². The Hall–Kier alpha value is -0.950. The summed E-state index contributed by atoms with van der Waals surface area (Å²) in [5.41, 5.74) is 0. The van der Waals surface area contributed by atoms with Crippen molar-refractivity contribution in [3.63, 3.8) is 0 Å². The van der Waals surface area contributed by atoms with Crippen LogP contribution in [0.2, 0.25) is 0 Å². The SMILES string of the molecule is CSC1CCCC1NC(=O)N1CCN(CCC(=O)O)CC1. The molecule has 1 saturated heterocycles. The van der Waals surface area contributed by atoms with Gasteiger partial charge in [0.25, 0.3) is 0 Å². The molecule has 1 aliphatic carbocycles. The van der Waals surface area contributed by atoms with E-state index in [2.05, 4.69) is 16.5 Å². The molecule has 6 nitrogen and oxygen atoms in total. The summed E-state index contributed by atoms with van der Waals surface area (Å²) in [6, 6.07) is 0.344. The maximum absolute atomic E-state index is 12.3. The minimum Gasteiger partial charge on any atom is -0.481 e. The first-order chi connectivity index (χ1) is 10.1. The van der Waals surface area contributed by atoms with E-state index in [-0.39, 0.29) is 12.5 Å². The van der Waals surface area contributed by atoms with Gasteiger partial charge in [0.15, 0.2) is 0 Å². The number of nitrogens with one attached hydrogen (secondary N) is 1. The van der Waals surface area contributed by atoms with E-state index in [4.69, 9.17) is 5.11 Å². The van der Waals surface area contributed by atoms with Crippen LogP contribution in [-0.2, 0) is 4.79 Å². The zero-order valence-corrected chi connectivity index (χ0v) is 13.4. The highest BCUT2D eigenvalue weighted by Crippen LogP contribution is 2.28. The molecular formula is C14H25N3O3S. The number of carboxylic acid groups (broad SMARTS) is 1. The lowest BCUT2D eigenvalue weighted by atomic mass is 10.2. The number of nitrogens with zero attached hydrogens (tertiary/aromatic N) is 2. The van der Waals surface area contributed by atoms with Gasteiger partial charge in [-0.05, 0) is 19.1 Å². The third-order valence-corrected chi connectivity index (χ3v) is 5.54. The second-order valence-electron chi connectivity index (χ2n) is 5.73. The predicted octanol–water partition coefficient (Wildman–Crippen LogP) is 1.07. The van der Waals surface area contributed by atoms with Crippen LogP contribution in [-0.4, -0.2) is 77.2 Å². The lowest BCUT2D eigenvalue weighted by Crippen LogP contribution is -2.54. The molecule has 0 aromatic heterocycles. The number of piperazine rings is 1. The molecule has 0 bridgehead atoms. The van der Waals surface area contributed by atoms with Gasteiger partial charge in [-0.2, -0.15) is 11.8 Å². The number of carbonyl (C=O) groups excluding carboxylic acids is 1. The van der Waals surface area contributed by atoms with E-state index >= 15 is 0 Å². The Balaban J connectivity index is 1.71. The van der Waals surface area contributed by atoms with E-state index in [0.717, 1.165) is 19.5 Å². The van der Waals surface area contributed by atoms with Crippen LogP contribution in [0, 0.1) is 0 Å². The summed E-state index contributed by atoms with van der Waals surface area (Å²) in [5, 5.41) is 12.4. The number of hydrogen-bond acceptors (Lipinski definition) is 4. The third-order valence-electron chi connectivity index (χ3n) is 4.37. The van der Waals surface area contributed by atoms with E-state index < -0.39 is 5.97 Å². The van der Waals surface area contributed by atoms with Crippen molar-refractivity contribution < 1.29 is 14.7 Å². The number of amides is 2. The number of hydrogen-bond donors (Lipinski definition) is 2. The van der Waals surface area contributed by atoms with Crippen molar-refractivity contribution >= 4 is 23.8 Å². The van der Waals surface area contributed by atoms with Crippen molar-refractivity contribution in [2.45, 2.75) is 37.0 Å². The van der Waals surface area contributed by atoms with Crippen molar-refractivity contribution in [2.75, 3.05) is 39.0 Å². The first-order valence-electron chi connectivity index (χ1n) is 7.62. The van der Waals surface area contributed by atoms with Crippen LogP contribution in [0.1, 0.15) is 25.7 Å². The lowest BCUT2D eigenvalue weighted by Gasteiger charge is -2.35. The first kappa shape index (κ1) is 16.4.